The van der Waals surface area contributed by atoms with Gasteiger partial charge in [-0.25, -0.2) is 14.2 Å². The van der Waals surface area contributed by atoms with E-state index in [1.54, 1.807) is 20.8 Å². The number of hydrogen-bond donors (Lipinski definition) is 0. The van der Waals surface area contributed by atoms with Crippen LogP contribution in [0.2, 0.25) is 5.15 Å². The second-order valence-corrected chi connectivity index (χ2v) is 5.00. The van der Waals surface area contributed by atoms with Gasteiger partial charge in [0.2, 0.25) is 0 Å². The fraction of sp³-hybridized carbons (Fsp3) is 0.500. The molecule has 1 heterocycles. The van der Waals surface area contributed by atoms with Crippen LogP contribution in [0.5, 0.6) is 0 Å². The van der Waals surface area contributed by atoms with Gasteiger partial charge in [-0.2, -0.15) is 0 Å². The van der Waals surface area contributed by atoms with Gasteiger partial charge in [0, 0.05) is 12.6 Å². The van der Waals surface area contributed by atoms with Crippen molar-refractivity contribution in [2.24, 2.45) is 0 Å². The summed E-state index contributed by atoms with van der Waals surface area (Å²) in [6.45, 7) is 2.62. The van der Waals surface area contributed by atoms with Crippen molar-refractivity contribution in [2.75, 3.05) is 7.05 Å². The van der Waals surface area contributed by atoms with Crippen molar-refractivity contribution < 1.29 is 16.7 Å². The van der Waals surface area contributed by atoms with E-state index < -0.39 is 24.0 Å². The lowest BCUT2D eigenvalue weighted by Crippen LogP contribution is -2.33. The smallest absolute Gasteiger partial charge is 0.410 e. The molecule has 0 bridgehead atoms. The summed E-state index contributed by atoms with van der Waals surface area (Å²) in [5.74, 6) is -0.745. The maximum atomic E-state index is 13.2. The highest BCUT2D eigenvalue weighted by Crippen LogP contribution is 2.17. The van der Waals surface area contributed by atoms with Crippen LogP contribution < -0.4 is 0 Å². The molecule has 0 fully saturated rings. The van der Waals surface area contributed by atoms with E-state index in [-0.39, 0.29) is 10.7 Å². The summed E-state index contributed by atoms with van der Waals surface area (Å²) in [6.07, 6.45) is -0.0158. The third-order valence-corrected chi connectivity index (χ3v) is 2.06. The Hall–Kier alpha value is -1.36. The largest absolute Gasteiger partial charge is 0.444 e. The van der Waals surface area contributed by atoms with Gasteiger partial charge in [0.1, 0.15) is 16.6 Å². The van der Waals surface area contributed by atoms with Crippen molar-refractivity contribution in [3.63, 3.8) is 0 Å². The van der Waals surface area contributed by atoms with Crippen molar-refractivity contribution >= 4 is 17.7 Å². The van der Waals surface area contributed by atoms with Crippen LogP contribution >= 0.6 is 11.6 Å². The van der Waals surface area contributed by atoms with E-state index in [4.69, 9.17) is 19.1 Å². The van der Waals surface area contributed by atoms with Gasteiger partial charge in [-0.05, 0) is 26.8 Å². The third kappa shape index (κ3) is 4.49. The average molecular weight is 277 g/mol. The maximum absolute atomic E-state index is 13.2. The van der Waals surface area contributed by atoms with E-state index in [0.717, 1.165) is 12.3 Å². The molecule has 1 rings (SSSR count). The highest BCUT2D eigenvalue weighted by molar-refractivity contribution is 6.30. The Morgan fingerprint density at radius 3 is 2.83 bits per heavy atom. The molecule has 0 unspecified atom stereocenters. The van der Waals surface area contributed by atoms with Gasteiger partial charge in [0.05, 0.1) is 15.4 Å². The molecule has 0 atom stereocenters. The van der Waals surface area contributed by atoms with Gasteiger partial charge in [-0.15, -0.1) is 0 Å². The first-order valence-electron chi connectivity index (χ1n) is 6.23. The fourth-order valence-corrected chi connectivity index (χ4v) is 1.20. The summed E-state index contributed by atoms with van der Waals surface area (Å²) in [5, 5.41) is -0.216. The number of rotatable bonds is 2. The van der Waals surface area contributed by atoms with Crippen molar-refractivity contribution in [1.29, 1.82) is 0 Å². The van der Waals surface area contributed by atoms with Crippen LogP contribution in [-0.2, 0) is 11.2 Å². The number of ether oxygens (including phenoxy) is 1. The number of aromatic nitrogens is 1. The number of nitrogens with zero attached hydrogens (tertiary/aromatic N) is 2. The Kier molecular flexibility index (Phi) is 3.59. The highest BCUT2D eigenvalue weighted by Gasteiger charge is 2.20. The summed E-state index contributed by atoms with van der Waals surface area (Å²) in [4.78, 5) is 16.1. The van der Waals surface area contributed by atoms with E-state index in [9.17, 15) is 9.18 Å². The van der Waals surface area contributed by atoms with Crippen LogP contribution in [0.1, 0.15) is 29.1 Å². The van der Waals surface area contributed by atoms with E-state index in [0.29, 0.717) is 4.90 Å². The molecule has 0 saturated carbocycles. The molecule has 1 amide bonds. The number of amides is 1. The topological polar surface area (TPSA) is 42.4 Å². The van der Waals surface area contributed by atoms with Crippen molar-refractivity contribution in [3.05, 3.63) is 28.8 Å². The summed E-state index contributed by atoms with van der Waals surface area (Å²) in [6, 6.07) is 0.899. The highest BCUT2D eigenvalue weighted by atomic mass is 35.5. The van der Waals surface area contributed by atoms with Crippen LogP contribution in [0.4, 0.5) is 9.18 Å². The molecule has 0 N–H and O–H groups in total. The van der Waals surface area contributed by atoms with Crippen molar-refractivity contribution in [2.45, 2.75) is 32.9 Å². The SMILES string of the molecule is [2H]C([2H])(c1cc(F)cnc1Cl)N(C)C(=O)OC(C)(C)C. The summed E-state index contributed by atoms with van der Waals surface area (Å²) >= 11 is 5.77. The zero-order valence-electron chi connectivity index (χ0n) is 12.6. The summed E-state index contributed by atoms with van der Waals surface area (Å²) in [7, 11) is 1.20. The quantitative estimate of drug-likeness (QED) is 0.779. The molecule has 0 radical (unpaired) electrons. The molecule has 0 spiro atoms. The molecule has 0 saturated heterocycles. The lowest BCUT2D eigenvalue weighted by atomic mass is 10.2. The van der Waals surface area contributed by atoms with E-state index >= 15 is 0 Å². The zero-order chi connectivity index (χ0) is 15.7. The summed E-state index contributed by atoms with van der Waals surface area (Å²) in [5.41, 5.74) is -1.02. The van der Waals surface area contributed by atoms with Gasteiger partial charge < -0.3 is 9.64 Å². The Bertz CT molecular complexity index is 521. The maximum Gasteiger partial charge on any atom is 0.410 e. The number of halogens is 2. The van der Waals surface area contributed by atoms with Gasteiger partial charge in [-0.1, -0.05) is 11.6 Å². The second-order valence-electron chi connectivity index (χ2n) is 4.64. The lowest BCUT2D eigenvalue weighted by molar-refractivity contribution is 0.0285. The van der Waals surface area contributed by atoms with E-state index in [1.807, 2.05) is 0 Å². The normalized spacial score (nSPS) is 13.7. The summed E-state index contributed by atoms with van der Waals surface area (Å²) < 4.78 is 34.2. The molecule has 0 aliphatic carbocycles. The number of pyridine rings is 1. The predicted molar refractivity (Wildman–Crippen MR) is 66.9 cm³/mol. The first-order chi connectivity index (χ1) is 8.95. The third-order valence-electron chi connectivity index (χ3n) is 1.76. The monoisotopic (exact) mass is 276 g/mol. The second kappa shape index (κ2) is 5.52. The molecule has 100 valence electrons. The van der Waals surface area contributed by atoms with Gasteiger partial charge in [-0.3, -0.25) is 0 Å². The molecule has 0 aliphatic heterocycles. The number of hydrogen-bond acceptors (Lipinski definition) is 3. The molecule has 1 aromatic rings. The Morgan fingerprint density at radius 2 is 2.28 bits per heavy atom. The van der Waals surface area contributed by atoms with Crippen molar-refractivity contribution in [3.8, 4) is 0 Å². The molecule has 6 heteroatoms. The Labute approximate surface area is 114 Å². The molecule has 4 nitrogen and oxygen atoms in total. The standard InChI is InChI=1S/C12H16ClFN2O2/c1-12(2,3)18-11(17)16(4)7-8-5-9(14)6-15-10(8)13/h5-6H,7H2,1-4H3/i7D2. The number of carbonyl (C=O) groups excluding carboxylic acids is 1. The Morgan fingerprint density at radius 1 is 1.67 bits per heavy atom. The minimum atomic E-state index is -2.35. The van der Waals surface area contributed by atoms with Crippen molar-refractivity contribution in [1.82, 2.24) is 9.88 Å². The minimum absolute atomic E-state index is 0.216. The molecule has 18 heavy (non-hydrogen) atoms. The first kappa shape index (κ1) is 11.7. The minimum Gasteiger partial charge on any atom is -0.444 e. The van der Waals surface area contributed by atoms with Gasteiger partial charge >= 0.3 is 6.09 Å². The van der Waals surface area contributed by atoms with Crippen LogP contribution in [-0.4, -0.2) is 28.6 Å². The number of carbonyl (C=O) groups is 1. The Balaban J connectivity index is 3.09. The van der Waals surface area contributed by atoms with Crippen LogP contribution in [0.25, 0.3) is 0 Å². The first-order valence-corrected chi connectivity index (χ1v) is 5.61. The van der Waals surface area contributed by atoms with Crippen LogP contribution in [0, 0.1) is 5.82 Å². The van der Waals surface area contributed by atoms with Gasteiger partial charge in [0.25, 0.3) is 0 Å². The van der Waals surface area contributed by atoms with Gasteiger partial charge in [0.15, 0.2) is 0 Å². The van der Waals surface area contributed by atoms with E-state index in [2.05, 4.69) is 4.98 Å². The molecule has 0 aromatic carbocycles. The zero-order valence-corrected chi connectivity index (χ0v) is 11.4. The molecular formula is C12H16ClFN2O2. The average Bonchev–Trinajstić information content (AvgIpc) is 2.28. The predicted octanol–water partition coefficient (Wildman–Crippen LogP) is 3.24. The van der Waals surface area contributed by atoms with Crippen LogP contribution in [0.3, 0.4) is 0 Å². The molecule has 0 aliphatic rings. The fourth-order valence-electron chi connectivity index (χ4n) is 1.06. The lowest BCUT2D eigenvalue weighted by Gasteiger charge is -2.24. The van der Waals surface area contributed by atoms with Crippen LogP contribution in [0.15, 0.2) is 12.3 Å². The van der Waals surface area contributed by atoms with E-state index in [1.165, 1.54) is 7.05 Å². The molecular weight excluding hydrogens is 259 g/mol. The molecule has 1 aromatic heterocycles.